The summed E-state index contributed by atoms with van der Waals surface area (Å²) in [6, 6.07) is 3.42. The molecule has 20 heavy (non-hydrogen) atoms. The smallest absolute Gasteiger partial charge is 0.341 e. The Labute approximate surface area is 116 Å². The molecule has 1 aromatic heterocycles. The number of carbonyl (C=O) groups excluding carboxylic acids is 1. The predicted molar refractivity (Wildman–Crippen MR) is 75.2 cm³/mol. The molecule has 0 unspecified atom stereocenters. The van der Waals surface area contributed by atoms with E-state index >= 15 is 0 Å². The molecule has 0 radical (unpaired) electrons. The lowest BCUT2D eigenvalue weighted by Gasteiger charge is -2.12. The number of pyridine rings is 1. The largest absolute Gasteiger partial charge is 0.497 e. The molecule has 106 valence electrons. The van der Waals surface area contributed by atoms with Crippen molar-refractivity contribution in [3.63, 3.8) is 0 Å². The molecule has 0 spiro atoms. The number of methoxy groups -OCH3 is 2. The van der Waals surface area contributed by atoms with Crippen LogP contribution in [0.15, 0.2) is 18.3 Å². The molecule has 0 saturated heterocycles. The molecular weight excluding hydrogens is 260 g/mol. The van der Waals surface area contributed by atoms with Gasteiger partial charge in [0.25, 0.3) is 0 Å². The molecule has 2 N–H and O–H groups in total. The van der Waals surface area contributed by atoms with E-state index in [1.807, 2.05) is 0 Å². The Morgan fingerprint density at radius 2 is 2.05 bits per heavy atom. The summed E-state index contributed by atoms with van der Waals surface area (Å²) in [5.74, 6) is 0.603. The van der Waals surface area contributed by atoms with Crippen molar-refractivity contribution in [3.8, 4) is 11.5 Å². The van der Waals surface area contributed by atoms with Gasteiger partial charge in [-0.1, -0.05) is 0 Å². The summed E-state index contributed by atoms with van der Waals surface area (Å²) >= 11 is 0. The maximum Gasteiger partial charge on any atom is 0.341 e. The Morgan fingerprint density at radius 3 is 2.65 bits per heavy atom. The van der Waals surface area contributed by atoms with Crippen LogP contribution in [0.5, 0.6) is 11.5 Å². The summed E-state index contributed by atoms with van der Waals surface area (Å²) in [7, 11) is 3.07. The highest BCUT2D eigenvalue weighted by Gasteiger charge is 2.17. The number of benzene rings is 1. The van der Waals surface area contributed by atoms with Crippen LogP contribution in [0, 0.1) is 0 Å². The monoisotopic (exact) mass is 276 g/mol. The number of nitrogens with two attached hydrogens (primary N) is 1. The van der Waals surface area contributed by atoms with E-state index in [1.165, 1.54) is 13.3 Å². The number of esters is 1. The lowest BCUT2D eigenvalue weighted by atomic mass is 10.1. The zero-order valence-corrected chi connectivity index (χ0v) is 11.6. The topological polar surface area (TPSA) is 83.7 Å². The average molecular weight is 276 g/mol. The van der Waals surface area contributed by atoms with Crippen molar-refractivity contribution in [2.24, 2.45) is 0 Å². The van der Waals surface area contributed by atoms with Crippen LogP contribution in [0.25, 0.3) is 10.9 Å². The third-order valence-electron chi connectivity index (χ3n) is 2.90. The number of carbonyl (C=O) groups is 1. The molecule has 0 aliphatic heterocycles. The number of hydrogen-bond donors (Lipinski definition) is 1. The van der Waals surface area contributed by atoms with Gasteiger partial charge in [0.2, 0.25) is 0 Å². The lowest BCUT2D eigenvalue weighted by molar-refractivity contribution is 0.0527. The van der Waals surface area contributed by atoms with Crippen molar-refractivity contribution in [3.05, 3.63) is 23.9 Å². The number of rotatable bonds is 4. The van der Waals surface area contributed by atoms with Crippen molar-refractivity contribution in [1.82, 2.24) is 4.98 Å². The number of anilines is 1. The van der Waals surface area contributed by atoms with Crippen LogP contribution in [-0.4, -0.2) is 31.8 Å². The van der Waals surface area contributed by atoms with Crippen molar-refractivity contribution >= 4 is 22.6 Å². The molecule has 0 bridgehead atoms. The second-order valence-corrected chi connectivity index (χ2v) is 4.03. The van der Waals surface area contributed by atoms with E-state index in [0.717, 1.165) is 0 Å². The molecule has 0 atom stereocenters. The molecule has 2 aromatic rings. The van der Waals surface area contributed by atoms with Gasteiger partial charge >= 0.3 is 5.97 Å². The minimum atomic E-state index is -0.499. The average Bonchev–Trinajstić information content (AvgIpc) is 2.46. The Bertz CT molecular complexity index is 655. The highest BCUT2D eigenvalue weighted by atomic mass is 16.5. The van der Waals surface area contributed by atoms with Gasteiger partial charge in [-0.25, -0.2) is 4.79 Å². The summed E-state index contributed by atoms with van der Waals surface area (Å²) in [5.41, 5.74) is 7.14. The van der Waals surface area contributed by atoms with E-state index in [2.05, 4.69) is 4.98 Å². The predicted octanol–water partition coefficient (Wildman–Crippen LogP) is 2.01. The maximum absolute atomic E-state index is 11.8. The van der Waals surface area contributed by atoms with Crippen molar-refractivity contribution in [1.29, 1.82) is 0 Å². The lowest BCUT2D eigenvalue weighted by Crippen LogP contribution is -2.09. The van der Waals surface area contributed by atoms with Gasteiger partial charge in [-0.3, -0.25) is 4.98 Å². The summed E-state index contributed by atoms with van der Waals surface area (Å²) < 4.78 is 15.4. The first kappa shape index (κ1) is 13.9. The molecule has 0 fully saturated rings. The first-order valence-corrected chi connectivity index (χ1v) is 6.09. The van der Waals surface area contributed by atoms with Crippen molar-refractivity contribution in [2.75, 3.05) is 26.6 Å². The van der Waals surface area contributed by atoms with Gasteiger partial charge in [0.05, 0.1) is 26.5 Å². The third-order valence-corrected chi connectivity index (χ3v) is 2.90. The minimum absolute atomic E-state index is 0.231. The van der Waals surface area contributed by atoms with Crippen LogP contribution < -0.4 is 15.2 Å². The second kappa shape index (κ2) is 5.64. The summed E-state index contributed by atoms with van der Waals surface area (Å²) in [5, 5.41) is 0.590. The molecule has 6 nitrogen and oxygen atoms in total. The van der Waals surface area contributed by atoms with E-state index in [-0.39, 0.29) is 12.2 Å². The van der Waals surface area contributed by atoms with E-state index in [4.69, 9.17) is 19.9 Å². The number of fused-ring (bicyclic) bond motifs is 1. The number of nitrogen functional groups attached to an aromatic ring is 1. The minimum Gasteiger partial charge on any atom is -0.497 e. The van der Waals surface area contributed by atoms with Gasteiger partial charge in [0.15, 0.2) is 0 Å². The van der Waals surface area contributed by atoms with E-state index in [0.29, 0.717) is 28.1 Å². The molecule has 1 heterocycles. The molecule has 0 aliphatic carbocycles. The molecule has 2 rings (SSSR count). The van der Waals surface area contributed by atoms with Gasteiger partial charge in [-0.2, -0.15) is 0 Å². The van der Waals surface area contributed by atoms with Crippen LogP contribution in [0.3, 0.4) is 0 Å². The Hall–Kier alpha value is -2.50. The number of ether oxygens (including phenoxy) is 3. The van der Waals surface area contributed by atoms with Gasteiger partial charge in [0, 0.05) is 17.6 Å². The fourth-order valence-electron chi connectivity index (χ4n) is 1.91. The van der Waals surface area contributed by atoms with Crippen LogP contribution in [0.2, 0.25) is 0 Å². The van der Waals surface area contributed by atoms with Crippen LogP contribution in [0.4, 0.5) is 5.69 Å². The molecule has 0 aliphatic rings. The maximum atomic E-state index is 11.8. The fourth-order valence-corrected chi connectivity index (χ4v) is 1.91. The first-order chi connectivity index (χ1) is 9.62. The van der Waals surface area contributed by atoms with Gasteiger partial charge in [-0.05, 0) is 13.0 Å². The molecule has 0 amide bonds. The third kappa shape index (κ3) is 2.32. The SMILES string of the molecule is CCOC(=O)c1cnc2c(OC)cc(OC)cc2c1N. The van der Waals surface area contributed by atoms with Crippen molar-refractivity contribution < 1.29 is 19.0 Å². The Balaban J connectivity index is 2.68. The first-order valence-electron chi connectivity index (χ1n) is 6.09. The molecule has 6 heteroatoms. The highest BCUT2D eigenvalue weighted by Crippen LogP contribution is 2.34. The van der Waals surface area contributed by atoms with Crippen LogP contribution in [-0.2, 0) is 4.74 Å². The summed E-state index contributed by atoms with van der Waals surface area (Å²) in [4.78, 5) is 16.0. The standard InChI is InChI=1S/C14H16N2O4/c1-4-20-14(17)10-7-16-13-9(12(10)15)5-8(18-2)6-11(13)19-3/h5-7H,4H2,1-3H3,(H2,15,16). The van der Waals surface area contributed by atoms with E-state index in [9.17, 15) is 4.79 Å². The number of nitrogens with zero attached hydrogens (tertiary/aromatic N) is 1. The van der Waals surface area contributed by atoms with Gasteiger partial charge in [-0.15, -0.1) is 0 Å². The highest BCUT2D eigenvalue weighted by molar-refractivity contribution is 6.05. The molecular formula is C14H16N2O4. The summed E-state index contributed by atoms with van der Waals surface area (Å²) in [6.45, 7) is 2.01. The van der Waals surface area contributed by atoms with E-state index in [1.54, 1.807) is 26.2 Å². The quantitative estimate of drug-likeness (QED) is 0.860. The normalized spacial score (nSPS) is 10.3. The Kier molecular flexibility index (Phi) is 3.93. The zero-order valence-electron chi connectivity index (χ0n) is 11.6. The fraction of sp³-hybridized carbons (Fsp3) is 0.286. The Morgan fingerprint density at radius 1 is 1.30 bits per heavy atom. The zero-order chi connectivity index (χ0) is 14.7. The second-order valence-electron chi connectivity index (χ2n) is 4.03. The molecule has 1 aromatic carbocycles. The number of aromatic nitrogens is 1. The van der Waals surface area contributed by atoms with Gasteiger partial charge < -0.3 is 19.9 Å². The molecule has 0 saturated carbocycles. The van der Waals surface area contributed by atoms with Crippen LogP contribution in [0.1, 0.15) is 17.3 Å². The van der Waals surface area contributed by atoms with Crippen molar-refractivity contribution in [2.45, 2.75) is 6.92 Å². The van der Waals surface area contributed by atoms with E-state index < -0.39 is 5.97 Å². The summed E-state index contributed by atoms with van der Waals surface area (Å²) in [6.07, 6.45) is 1.39. The van der Waals surface area contributed by atoms with Gasteiger partial charge in [0.1, 0.15) is 22.6 Å². The van der Waals surface area contributed by atoms with Crippen LogP contribution >= 0.6 is 0 Å². The number of hydrogen-bond acceptors (Lipinski definition) is 6.